The molecule has 0 spiro atoms. The van der Waals surface area contributed by atoms with Crippen LogP contribution < -0.4 is 4.18 Å². The Balaban J connectivity index is 3.54. The average Bonchev–Trinajstić information content (AvgIpc) is 2.27. The lowest BCUT2D eigenvalue weighted by molar-refractivity contribution is -0.0501. The van der Waals surface area contributed by atoms with Crippen molar-refractivity contribution in [2.45, 2.75) is 31.2 Å². The Morgan fingerprint density at radius 1 is 1.30 bits per heavy atom. The number of rotatable bonds is 3. The van der Waals surface area contributed by atoms with Gasteiger partial charge in [0.1, 0.15) is 0 Å². The van der Waals surface area contributed by atoms with Crippen LogP contribution in [0.1, 0.15) is 28.4 Å². The standard InChI is InChI=1S/C11H11F3O4S2/c1-5-4-8(7(3)15)9(10(19)6(5)2)18-20(16,17)11(12,13)14/h4,19H,1-3H3. The molecule has 0 aliphatic carbocycles. The molecule has 0 amide bonds. The summed E-state index contributed by atoms with van der Waals surface area (Å²) in [6.45, 7) is 4.22. The molecule has 1 aromatic rings. The Morgan fingerprint density at radius 2 is 1.80 bits per heavy atom. The fraction of sp³-hybridized carbons (Fsp3) is 0.364. The number of aryl methyl sites for hydroxylation is 1. The highest BCUT2D eigenvalue weighted by atomic mass is 32.2. The molecular formula is C11H11F3O4S2. The van der Waals surface area contributed by atoms with E-state index in [-0.39, 0.29) is 10.5 Å². The van der Waals surface area contributed by atoms with Gasteiger partial charge in [-0.1, -0.05) is 0 Å². The molecule has 0 atom stereocenters. The third-order valence-corrected chi connectivity index (χ3v) is 4.11. The molecule has 4 nitrogen and oxygen atoms in total. The van der Waals surface area contributed by atoms with Crippen LogP contribution in [0.4, 0.5) is 13.2 Å². The van der Waals surface area contributed by atoms with Gasteiger partial charge in [-0.3, -0.25) is 4.79 Å². The lowest BCUT2D eigenvalue weighted by Gasteiger charge is -2.16. The fourth-order valence-electron chi connectivity index (χ4n) is 1.38. The van der Waals surface area contributed by atoms with Gasteiger partial charge in [0.05, 0.1) is 10.5 Å². The average molecular weight is 328 g/mol. The lowest BCUT2D eigenvalue weighted by Crippen LogP contribution is -2.28. The van der Waals surface area contributed by atoms with Gasteiger partial charge in [-0.15, -0.1) is 12.6 Å². The van der Waals surface area contributed by atoms with Crippen molar-refractivity contribution in [2.75, 3.05) is 0 Å². The highest BCUT2D eigenvalue weighted by Crippen LogP contribution is 2.36. The molecule has 0 saturated carbocycles. The highest BCUT2D eigenvalue weighted by Gasteiger charge is 2.49. The van der Waals surface area contributed by atoms with Gasteiger partial charge < -0.3 is 4.18 Å². The van der Waals surface area contributed by atoms with E-state index in [4.69, 9.17) is 0 Å². The van der Waals surface area contributed by atoms with Crippen molar-refractivity contribution in [3.8, 4) is 5.75 Å². The van der Waals surface area contributed by atoms with Crippen LogP contribution in [0.15, 0.2) is 11.0 Å². The molecule has 0 aliphatic rings. The van der Waals surface area contributed by atoms with Crippen molar-refractivity contribution in [1.29, 1.82) is 0 Å². The van der Waals surface area contributed by atoms with Crippen LogP contribution in [-0.4, -0.2) is 19.7 Å². The number of alkyl halides is 3. The van der Waals surface area contributed by atoms with Crippen molar-refractivity contribution in [3.63, 3.8) is 0 Å². The van der Waals surface area contributed by atoms with Crippen molar-refractivity contribution in [1.82, 2.24) is 0 Å². The first-order valence-corrected chi connectivity index (χ1v) is 7.09. The predicted molar refractivity (Wildman–Crippen MR) is 68.8 cm³/mol. The normalized spacial score (nSPS) is 12.3. The first-order chi connectivity index (χ1) is 8.88. The summed E-state index contributed by atoms with van der Waals surface area (Å²) in [5, 5.41) is 0. The quantitative estimate of drug-likeness (QED) is 0.401. The third-order valence-electron chi connectivity index (χ3n) is 2.62. The number of thiol groups is 1. The van der Waals surface area contributed by atoms with E-state index in [9.17, 15) is 26.4 Å². The molecule has 0 saturated heterocycles. The maximum absolute atomic E-state index is 12.3. The van der Waals surface area contributed by atoms with E-state index < -0.39 is 27.2 Å². The van der Waals surface area contributed by atoms with E-state index in [0.717, 1.165) is 6.92 Å². The minimum absolute atomic E-state index is 0.122. The van der Waals surface area contributed by atoms with Crippen molar-refractivity contribution in [2.24, 2.45) is 0 Å². The lowest BCUT2D eigenvalue weighted by atomic mass is 10.0. The number of hydrogen-bond donors (Lipinski definition) is 1. The molecule has 1 aromatic carbocycles. The molecule has 0 aliphatic heterocycles. The summed E-state index contributed by atoms with van der Waals surface area (Å²) in [6.07, 6.45) is 0. The molecule has 0 heterocycles. The van der Waals surface area contributed by atoms with Gasteiger partial charge in [-0.05, 0) is 38.0 Å². The number of hydrogen-bond acceptors (Lipinski definition) is 5. The van der Waals surface area contributed by atoms with E-state index in [1.54, 1.807) is 6.92 Å². The minimum atomic E-state index is -5.86. The Hall–Kier alpha value is -1.22. The molecule has 0 radical (unpaired) electrons. The van der Waals surface area contributed by atoms with Gasteiger partial charge >= 0.3 is 15.6 Å². The van der Waals surface area contributed by atoms with Crippen LogP contribution >= 0.6 is 12.6 Å². The third kappa shape index (κ3) is 3.09. The number of halogens is 3. The van der Waals surface area contributed by atoms with Crippen molar-refractivity contribution >= 4 is 28.5 Å². The number of carbonyl (C=O) groups is 1. The van der Waals surface area contributed by atoms with E-state index in [0.29, 0.717) is 11.1 Å². The summed E-state index contributed by atoms with van der Waals surface area (Å²) in [6, 6.07) is 1.26. The number of carbonyl (C=O) groups excluding carboxylic acids is 1. The zero-order chi connectivity index (χ0) is 15.9. The van der Waals surface area contributed by atoms with Gasteiger partial charge in [-0.2, -0.15) is 21.6 Å². The Morgan fingerprint density at radius 3 is 2.20 bits per heavy atom. The van der Waals surface area contributed by atoms with Crippen LogP contribution in [-0.2, 0) is 10.1 Å². The summed E-state index contributed by atoms with van der Waals surface area (Å²) in [4.78, 5) is 11.3. The number of ketones is 1. The molecule has 0 aromatic heterocycles. The molecule has 112 valence electrons. The predicted octanol–water partition coefficient (Wildman–Crippen LogP) is 3.02. The molecule has 0 bridgehead atoms. The van der Waals surface area contributed by atoms with Gasteiger partial charge in [-0.25, -0.2) is 0 Å². The first-order valence-electron chi connectivity index (χ1n) is 5.23. The Bertz CT molecular complexity index is 663. The second kappa shape index (κ2) is 5.28. The first kappa shape index (κ1) is 16.8. The second-order valence-electron chi connectivity index (χ2n) is 4.08. The summed E-state index contributed by atoms with van der Waals surface area (Å²) >= 11 is 3.94. The van der Waals surface area contributed by atoms with E-state index >= 15 is 0 Å². The molecule has 9 heteroatoms. The molecule has 0 N–H and O–H groups in total. The highest BCUT2D eigenvalue weighted by molar-refractivity contribution is 7.88. The topological polar surface area (TPSA) is 60.4 Å². The Kier molecular flexibility index (Phi) is 4.45. The maximum atomic E-state index is 12.3. The van der Waals surface area contributed by atoms with Crippen LogP contribution in [0.25, 0.3) is 0 Å². The number of benzene rings is 1. The van der Waals surface area contributed by atoms with Crippen LogP contribution in [0, 0.1) is 13.8 Å². The van der Waals surface area contributed by atoms with Crippen LogP contribution in [0.3, 0.4) is 0 Å². The smallest absolute Gasteiger partial charge is 0.374 e. The zero-order valence-electron chi connectivity index (χ0n) is 10.7. The minimum Gasteiger partial charge on any atom is -0.374 e. The van der Waals surface area contributed by atoms with Gasteiger partial charge in [0.2, 0.25) is 0 Å². The molecular weight excluding hydrogens is 317 g/mol. The monoisotopic (exact) mass is 328 g/mol. The van der Waals surface area contributed by atoms with Gasteiger partial charge in [0.15, 0.2) is 11.5 Å². The van der Waals surface area contributed by atoms with E-state index in [2.05, 4.69) is 16.8 Å². The number of Topliss-reactive ketones (excluding diaryl/α,β-unsaturated/α-hetero) is 1. The summed E-state index contributed by atoms with van der Waals surface area (Å²) in [5.41, 5.74) is -4.85. The fourth-order valence-corrected chi connectivity index (χ4v) is 2.27. The summed E-state index contributed by atoms with van der Waals surface area (Å²) < 4.78 is 63.2. The molecule has 0 unspecified atom stereocenters. The summed E-state index contributed by atoms with van der Waals surface area (Å²) in [7, 11) is -5.86. The SMILES string of the molecule is CC(=O)c1cc(C)c(C)c(S)c1OS(=O)(=O)C(F)(F)F. The largest absolute Gasteiger partial charge is 0.534 e. The maximum Gasteiger partial charge on any atom is 0.534 e. The summed E-state index contributed by atoms with van der Waals surface area (Å²) in [5.74, 6) is -1.34. The van der Waals surface area contributed by atoms with Crippen LogP contribution in [0.2, 0.25) is 0 Å². The molecule has 0 fully saturated rings. The van der Waals surface area contributed by atoms with Crippen molar-refractivity contribution in [3.05, 3.63) is 22.8 Å². The zero-order valence-corrected chi connectivity index (χ0v) is 12.4. The Labute approximate surface area is 119 Å². The molecule has 1 rings (SSSR count). The van der Waals surface area contributed by atoms with Gasteiger partial charge in [0.25, 0.3) is 0 Å². The second-order valence-corrected chi connectivity index (χ2v) is 6.07. The van der Waals surface area contributed by atoms with E-state index in [1.165, 1.54) is 13.0 Å². The van der Waals surface area contributed by atoms with Crippen LogP contribution in [0.5, 0.6) is 5.75 Å². The van der Waals surface area contributed by atoms with Gasteiger partial charge in [0, 0.05) is 0 Å². The van der Waals surface area contributed by atoms with Crippen molar-refractivity contribution < 1.29 is 30.6 Å². The van der Waals surface area contributed by atoms with E-state index in [1.807, 2.05) is 0 Å². The molecule has 20 heavy (non-hydrogen) atoms.